The van der Waals surface area contributed by atoms with Gasteiger partial charge in [0.2, 0.25) is 0 Å². The van der Waals surface area contributed by atoms with E-state index in [9.17, 15) is 9.90 Å². The van der Waals surface area contributed by atoms with E-state index < -0.39 is 0 Å². The van der Waals surface area contributed by atoms with Gasteiger partial charge in [-0.3, -0.25) is 4.79 Å². The molecular weight excluding hydrogens is 168 g/mol. The van der Waals surface area contributed by atoms with Gasteiger partial charge in [0, 0.05) is 0 Å². The van der Waals surface area contributed by atoms with Crippen LogP contribution < -0.4 is 0 Å². The van der Waals surface area contributed by atoms with Crippen molar-refractivity contribution in [2.45, 2.75) is 45.1 Å². The number of carbonyl (C=O) groups is 1. The molecule has 1 saturated carbocycles. The van der Waals surface area contributed by atoms with Crippen molar-refractivity contribution in [3.05, 3.63) is 0 Å². The second kappa shape index (κ2) is 5.22. The molecule has 3 heteroatoms. The van der Waals surface area contributed by atoms with E-state index in [1.54, 1.807) is 6.92 Å². The van der Waals surface area contributed by atoms with Crippen LogP contribution in [-0.2, 0) is 9.53 Å². The molecular formula is C10H18O3. The fourth-order valence-corrected chi connectivity index (χ4v) is 1.86. The topological polar surface area (TPSA) is 46.5 Å². The van der Waals surface area contributed by atoms with Crippen molar-refractivity contribution in [2.24, 2.45) is 5.92 Å². The quantitative estimate of drug-likeness (QED) is 0.679. The van der Waals surface area contributed by atoms with Crippen molar-refractivity contribution in [2.75, 3.05) is 6.61 Å². The lowest BCUT2D eigenvalue weighted by Gasteiger charge is -2.26. The van der Waals surface area contributed by atoms with Gasteiger partial charge in [-0.2, -0.15) is 0 Å². The molecule has 0 saturated heterocycles. The first-order valence-corrected chi connectivity index (χ1v) is 5.07. The van der Waals surface area contributed by atoms with E-state index in [2.05, 4.69) is 0 Å². The third-order valence-corrected chi connectivity index (χ3v) is 2.60. The maximum atomic E-state index is 11.1. The summed E-state index contributed by atoms with van der Waals surface area (Å²) in [4.78, 5) is 11.1. The highest BCUT2D eigenvalue weighted by Crippen LogP contribution is 2.27. The van der Waals surface area contributed by atoms with Gasteiger partial charge in [-0.25, -0.2) is 0 Å². The second-order valence-corrected chi connectivity index (χ2v) is 3.62. The standard InChI is InChI=1S/C10H18O3/c1-2-13-10(12)7-8-5-3-4-6-9(8)11/h8-9,11H,2-7H2,1H3/t8-,9+/m1/s1. The Balaban J connectivity index is 2.29. The van der Waals surface area contributed by atoms with Crippen molar-refractivity contribution in [3.63, 3.8) is 0 Å². The molecule has 0 amide bonds. The van der Waals surface area contributed by atoms with Crippen molar-refractivity contribution in [1.29, 1.82) is 0 Å². The third kappa shape index (κ3) is 3.35. The Labute approximate surface area is 79.1 Å². The van der Waals surface area contributed by atoms with Crippen LogP contribution in [0.25, 0.3) is 0 Å². The van der Waals surface area contributed by atoms with E-state index in [0.717, 1.165) is 25.7 Å². The number of ether oxygens (including phenoxy) is 1. The predicted octanol–water partition coefficient (Wildman–Crippen LogP) is 1.49. The molecule has 1 aliphatic rings. The van der Waals surface area contributed by atoms with Crippen molar-refractivity contribution >= 4 is 5.97 Å². The third-order valence-electron chi connectivity index (χ3n) is 2.60. The molecule has 0 radical (unpaired) electrons. The van der Waals surface area contributed by atoms with Crippen LogP contribution in [0.1, 0.15) is 39.0 Å². The minimum Gasteiger partial charge on any atom is -0.466 e. The molecule has 0 heterocycles. The van der Waals surface area contributed by atoms with Crippen LogP contribution in [0.2, 0.25) is 0 Å². The number of hydrogen-bond acceptors (Lipinski definition) is 3. The van der Waals surface area contributed by atoms with Crippen molar-refractivity contribution < 1.29 is 14.6 Å². The number of esters is 1. The normalized spacial score (nSPS) is 28.5. The lowest BCUT2D eigenvalue weighted by molar-refractivity contribution is -0.145. The minimum atomic E-state index is -0.293. The highest BCUT2D eigenvalue weighted by molar-refractivity contribution is 5.69. The maximum absolute atomic E-state index is 11.1. The Morgan fingerprint density at radius 3 is 2.77 bits per heavy atom. The summed E-state index contributed by atoms with van der Waals surface area (Å²) < 4.78 is 4.84. The summed E-state index contributed by atoms with van der Waals surface area (Å²) >= 11 is 0. The first-order chi connectivity index (χ1) is 6.24. The zero-order valence-electron chi connectivity index (χ0n) is 8.16. The van der Waals surface area contributed by atoms with Gasteiger partial charge in [-0.1, -0.05) is 12.8 Å². The largest absolute Gasteiger partial charge is 0.466 e. The van der Waals surface area contributed by atoms with Crippen LogP contribution in [0, 0.1) is 5.92 Å². The average molecular weight is 186 g/mol. The molecule has 1 rings (SSSR count). The molecule has 2 atom stereocenters. The SMILES string of the molecule is CCOC(=O)C[C@H]1CCCC[C@@H]1O. The fraction of sp³-hybridized carbons (Fsp3) is 0.900. The number of aliphatic hydroxyl groups excluding tert-OH is 1. The summed E-state index contributed by atoms with van der Waals surface area (Å²) in [6.45, 7) is 2.23. The Hall–Kier alpha value is -0.570. The molecule has 0 aromatic heterocycles. The number of rotatable bonds is 3. The summed E-state index contributed by atoms with van der Waals surface area (Å²) in [7, 11) is 0. The lowest BCUT2D eigenvalue weighted by atomic mass is 9.84. The van der Waals surface area contributed by atoms with E-state index in [1.807, 2.05) is 0 Å². The van der Waals surface area contributed by atoms with Gasteiger partial charge in [-0.05, 0) is 25.7 Å². The molecule has 1 fully saturated rings. The van der Waals surface area contributed by atoms with Gasteiger partial charge in [0.15, 0.2) is 0 Å². The highest BCUT2D eigenvalue weighted by Gasteiger charge is 2.25. The average Bonchev–Trinajstić information content (AvgIpc) is 2.09. The van der Waals surface area contributed by atoms with Crippen LogP contribution in [0.15, 0.2) is 0 Å². The second-order valence-electron chi connectivity index (χ2n) is 3.62. The van der Waals surface area contributed by atoms with Gasteiger partial charge < -0.3 is 9.84 Å². The Morgan fingerprint density at radius 2 is 2.15 bits per heavy atom. The first-order valence-electron chi connectivity index (χ1n) is 5.07. The Bertz CT molecular complexity index is 168. The monoisotopic (exact) mass is 186 g/mol. The maximum Gasteiger partial charge on any atom is 0.306 e. The van der Waals surface area contributed by atoms with Gasteiger partial charge in [-0.15, -0.1) is 0 Å². The van der Waals surface area contributed by atoms with E-state index in [-0.39, 0.29) is 18.0 Å². The molecule has 76 valence electrons. The molecule has 3 nitrogen and oxygen atoms in total. The zero-order valence-corrected chi connectivity index (χ0v) is 8.16. The van der Waals surface area contributed by atoms with Crippen LogP contribution in [0.3, 0.4) is 0 Å². The van der Waals surface area contributed by atoms with Crippen molar-refractivity contribution in [3.8, 4) is 0 Å². The molecule has 0 aromatic rings. The van der Waals surface area contributed by atoms with Crippen LogP contribution in [-0.4, -0.2) is 23.8 Å². The molecule has 13 heavy (non-hydrogen) atoms. The number of carbonyl (C=O) groups excluding carboxylic acids is 1. The van der Waals surface area contributed by atoms with Gasteiger partial charge >= 0.3 is 5.97 Å². The Kier molecular flexibility index (Phi) is 4.22. The van der Waals surface area contributed by atoms with Crippen LogP contribution >= 0.6 is 0 Å². The molecule has 0 bridgehead atoms. The summed E-state index contributed by atoms with van der Waals surface area (Å²) in [6, 6.07) is 0. The summed E-state index contributed by atoms with van der Waals surface area (Å²) in [5.41, 5.74) is 0. The molecule has 1 aliphatic carbocycles. The summed E-state index contributed by atoms with van der Waals surface area (Å²) in [6.07, 6.45) is 4.10. The summed E-state index contributed by atoms with van der Waals surface area (Å²) in [5.74, 6) is -0.0405. The predicted molar refractivity (Wildman–Crippen MR) is 49.2 cm³/mol. The highest BCUT2D eigenvalue weighted by atomic mass is 16.5. The lowest BCUT2D eigenvalue weighted by Crippen LogP contribution is -2.27. The molecule has 0 spiro atoms. The van der Waals surface area contributed by atoms with E-state index in [1.165, 1.54) is 0 Å². The Morgan fingerprint density at radius 1 is 1.46 bits per heavy atom. The van der Waals surface area contributed by atoms with Gasteiger partial charge in [0.1, 0.15) is 0 Å². The number of hydrogen-bond donors (Lipinski definition) is 1. The van der Waals surface area contributed by atoms with E-state index in [0.29, 0.717) is 13.0 Å². The smallest absolute Gasteiger partial charge is 0.306 e. The first kappa shape index (κ1) is 10.5. The van der Waals surface area contributed by atoms with E-state index in [4.69, 9.17) is 4.74 Å². The number of aliphatic hydroxyl groups is 1. The summed E-state index contributed by atoms with van der Waals surface area (Å²) in [5, 5.41) is 9.58. The van der Waals surface area contributed by atoms with Gasteiger partial charge in [0.05, 0.1) is 19.1 Å². The molecule has 0 aliphatic heterocycles. The van der Waals surface area contributed by atoms with Gasteiger partial charge in [0.25, 0.3) is 0 Å². The molecule has 0 aromatic carbocycles. The molecule has 0 unspecified atom stereocenters. The van der Waals surface area contributed by atoms with Crippen molar-refractivity contribution in [1.82, 2.24) is 0 Å². The minimum absolute atomic E-state index is 0.132. The molecule has 1 N–H and O–H groups in total. The fourth-order valence-electron chi connectivity index (χ4n) is 1.86. The van der Waals surface area contributed by atoms with Crippen LogP contribution in [0.5, 0.6) is 0 Å². The zero-order chi connectivity index (χ0) is 9.68. The van der Waals surface area contributed by atoms with E-state index >= 15 is 0 Å². The van der Waals surface area contributed by atoms with Crippen LogP contribution in [0.4, 0.5) is 0 Å².